The van der Waals surface area contributed by atoms with E-state index < -0.39 is 0 Å². The quantitative estimate of drug-likeness (QED) is 0.786. The predicted octanol–water partition coefficient (Wildman–Crippen LogP) is 3.78. The summed E-state index contributed by atoms with van der Waals surface area (Å²) in [4.78, 5) is 6.92. The molecule has 1 unspecified atom stereocenters. The van der Waals surface area contributed by atoms with E-state index in [1.165, 1.54) is 0 Å². The van der Waals surface area contributed by atoms with Crippen molar-refractivity contribution in [3.05, 3.63) is 36.0 Å². The first-order valence-corrected chi connectivity index (χ1v) is 8.15. The van der Waals surface area contributed by atoms with E-state index in [2.05, 4.69) is 35.1 Å². The summed E-state index contributed by atoms with van der Waals surface area (Å²) in [6.45, 7) is 9.60. The third kappa shape index (κ3) is 4.34. The van der Waals surface area contributed by atoms with Gasteiger partial charge in [-0.25, -0.2) is 4.99 Å². The summed E-state index contributed by atoms with van der Waals surface area (Å²) in [6, 6.07) is 5.67. The van der Waals surface area contributed by atoms with Gasteiger partial charge in [0.2, 0.25) is 0 Å². The Balaban J connectivity index is 2.03. The fraction of sp³-hybridized carbons (Fsp3) is 0.500. The maximum atomic E-state index is 10.1. The molecule has 1 aliphatic heterocycles. The molecule has 1 aromatic rings. The van der Waals surface area contributed by atoms with Crippen LogP contribution in [-0.2, 0) is 0 Å². The highest BCUT2D eigenvalue weighted by molar-refractivity contribution is 5.99. The molecule has 0 spiro atoms. The average molecular weight is 301 g/mol. The Hall–Kier alpha value is -1.81. The van der Waals surface area contributed by atoms with E-state index in [1.54, 1.807) is 6.07 Å². The first-order chi connectivity index (χ1) is 10.6. The Morgan fingerprint density at radius 1 is 1.32 bits per heavy atom. The predicted molar refractivity (Wildman–Crippen MR) is 93.6 cm³/mol. The first kappa shape index (κ1) is 16.6. The number of anilines is 1. The summed E-state index contributed by atoms with van der Waals surface area (Å²) < 4.78 is 0. The van der Waals surface area contributed by atoms with E-state index in [4.69, 9.17) is 0 Å². The second-order valence-electron chi connectivity index (χ2n) is 5.79. The van der Waals surface area contributed by atoms with Crippen molar-refractivity contribution in [3.8, 4) is 5.75 Å². The van der Waals surface area contributed by atoms with Gasteiger partial charge in [-0.1, -0.05) is 26.0 Å². The summed E-state index contributed by atoms with van der Waals surface area (Å²) in [7, 11) is 0. The highest BCUT2D eigenvalue weighted by Gasteiger charge is 2.19. The second kappa shape index (κ2) is 7.99. The normalized spacial score (nSPS) is 17.6. The van der Waals surface area contributed by atoms with Gasteiger partial charge in [0, 0.05) is 12.1 Å². The minimum absolute atomic E-state index is 0.278. The molecule has 4 nitrogen and oxygen atoms in total. The number of nitrogens with one attached hydrogen (secondary N) is 1. The zero-order chi connectivity index (χ0) is 15.9. The number of phenolic OH excluding ortho intramolecular Hbond substituents is 1. The molecule has 1 aromatic carbocycles. The largest absolute Gasteiger partial charge is 0.506 e. The number of aromatic hydroxyl groups is 1. The number of aliphatic imine (C=N–C) groups is 1. The molecule has 0 saturated heterocycles. The molecule has 0 aromatic heterocycles. The zero-order valence-electron chi connectivity index (χ0n) is 13.8. The van der Waals surface area contributed by atoms with Crippen molar-refractivity contribution < 1.29 is 5.11 Å². The molecular formula is C18H27N3O. The van der Waals surface area contributed by atoms with Crippen molar-refractivity contribution >= 4 is 11.5 Å². The second-order valence-corrected chi connectivity index (χ2v) is 5.79. The first-order valence-electron chi connectivity index (χ1n) is 8.15. The molecule has 120 valence electrons. The Labute approximate surface area is 133 Å². The van der Waals surface area contributed by atoms with Crippen LogP contribution in [-0.4, -0.2) is 35.5 Å². The smallest absolute Gasteiger partial charge is 0.139 e. The zero-order valence-corrected chi connectivity index (χ0v) is 13.8. The van der Waals surface area contributed by atoms with Crippen LogP contribution < -0.4 is 5.32 Å². The summed E-state index contributed by atoms with van der Waals surface area (Å²) in [5, 5.41) is 13.4. The lowest BCUT2D eigenvalue weighted by atomic mass is 9.97. The molecular weight excluding hydrogens is 274 g/mol. The van der Waals surface area contributed by atoms with E-state index in [-0.39, 0.29) is 5.75 Å². The van der Waals surface area contributed by atoms with Crippen molar-refractivity contribution in [2.75, 3.05) is 25.0 Å². The third-order valence-electron chi connectivity index (χ3n) is 4.23. The topological polar surface area (TPSA) is 47.9 Å². The van der Waals surface area contributed by atoms with E-state index in [1.807, 2.05) is 25.3 Å². The van der Waals surface area contributed by atoms with Crippen LogP contribution in [0.2, 0.25) is 0 Å². The Kier molecular flexibility index (Phi) is 6.01. The highest BCUT2D eigenvalue weighted by Crippen LogP contribution is 2.26. The van der Waals surface area contributed by atoms with Crippen LogP contribution in [0.5, 0.6) is 5.75 Å². The van der Waals surface area contributed by atoms with Crippen molar-refractivity contribution in [1.29, 1.82) is 0 Å². The van der Waals surface area contributed by atoms with Gasteiger partial charge in [0.05, 0.1) is 5.69 Å². The van der Waals surface area contributed by atoms with Gasteiger partial charge in [-0.2, -0.15) is 0 Å². The Morgan fingerprint density at radius 3 is 2.77 bits per heavy atom. The van der Waals surface area contributed by atoms with Crippen LogP contribution in [0, 0.1) is 12.8 Å². The molecule has 1 heterocycles. The maximum absolute atomic E-state index is 10.1. The molecule has 1 aliphatic rings. The molecule has 0 amide bonds. The maximum Gasteiger partial charge on any atom is 0.139 e. The minimum Gasteiger partial charge on any atom is -0.506 e. The molecule has 0 radical (unpaired) electrons. The number of hydrogen-bond acceptors (Lipinski definition) is 4. The number of rotatable bonds is 6. The van der Waals surface area contributed by atoms with Gasteiger partial charge in [-0.15, -0.1) is 0 Å². The SMILES string of the molecule is CCN(CC)CCC1CC=CN=C1Nc1ccc(C)cc1O. The molecule has 0 saturated carbocycles. The summed E-state index contributed by atoms with van der Waals surface area (Å²) in [5.41, 5.74) is 1.78. The van der Waals surface area contributed by atoms with Gasteiger partial charge in [0.1, 0.15) is 11.6 Å². The average Bonchev–Trinajstić information content (AvgIpc) is 2.52. The summed E-state index contributed by atoms with van der Waals surface area (Å²) >= 11 is 0. The van der Waals surface area contributed by atoms with Crippen LogP contribution in [0.1, 0.15) is 32.3 Å². The molecule has 4 heteroatoms. The number of allylic oxidation sites excluding steroid dienone is 1. The van der Waals surface area contributed by atoms with E-state index in [9.17, 15) is 5.11 Å². The highest BCUT2D eigenvalue weighted by atomic mass is 16.3. The molecule has 0 bridgehead atoms. The van der Waals surface area contributed by atoms with Gasteiger partial charge < -0.3 is 15.3 Å². The number of benzene rings is 1. The van der Waals surface area contributed by atoms with Gasteiger partial charge in [0.15, 0.2) is 0 Å². The number of nitrogens with zero attached hydrogens (tertiary/aromatic N) is 2. The molecule has 0 fully saturated rings. The van der Waals surface area contributed by atoms with Gasteiger partial charge >= 0.3 is 0 Å². The summed E-state index contributed by atoms with van der Waals surface area (Å²) in [5.74, 6) is 1.61. The number of phenols is 1. The summed E-state index contributed by atoms with van der Waals surface area (Å²) in [6.07, 6.45) is 6.04. The molecule has 1 atom stereocenters. The van der Waals surface area contributed by atoms with Crippen molar-refractivity contribution in [1.82, 2.24) is 4.90 Å². The standard InChI is InChI=1S/C18H27N3O/c1-4-21(5-2)12-10-15-7-6-11-19-18(15)20-16-9-8-14(3)13-17(16)22/h6,8-9,11,13,15,22H,4-5,7,10,12H2,1-3H3,(H,19,20). The van der Waals surface area contributed by atoms with Crippen molar-refractivity contribution in [2.45, 2.75) is 33.6 Å². The lowest BCUT2D eigenvalue weighted by Crippen LogP contribution is -2.30. The van der Waals surface area contributed by atoms with Crippen LogP contribution in [0.25, 0.3) is 0 Å². The minimum atomic E-state index is 0.278. The van der Waals surface area contributed by atoms with Crippen molar-refractivity contribution in [2.24, 2.45) is 10.9 Å². The van der Waals surface area contributed by atoms with Crippen LogP contribution >= 0.6 is 0 Å². The third-order valence-corrected chi connectivity index (χ3v) is 4.23. The molecule has 22 heavy (non-hydrogen) atoms. The van der Waals surface area contributed by atoms with Crippen LogP contribution in [0.3, 0.4) is 0 Å². The van der Waals surface area contributed by atoms with E-state index in [0.29, 0.717) is 5.92 Å². The van der Waals surface area contributed by atoms with Gasteiger partial charge in [-0.05, 0) is 57.1 Å². The lowest BCUT2D eigenvalue weighted by Gasteiger charge is -2.25. The van der Waals surface area contributed by atoms with Crippen LogP contribution in [0.15, 0.2) is 35.5 Å². The fourth-order valence-corrected chi connectivity index (χ4v) is 2.73. The number of hydrogen-bond donors (Lipinski definition) is 2. The monoisotopic (exact) mass is 301 g/mol. The lowest BCUT2D eigenvalue weighted by molar-refractivity contribution is 0.288. The van der Waals surface area contributed by atoms with E-state index >= 15 is 0 Å². The fourth-order valence-electron chi connectivity index (χ4n) is 2.73. The van der Waals surface area contributed by atoms with E-state index in [0.717, 1.165) is 49.6 Å². The van der Waals surface area contributed by atoms with Gasteiger partial charge in [0.25, 0.3) is 0 Å². The van der Waals surface area contributed by atoms with Gasteiger partial charge in [-0.3, -0.25) is 0 Å². The Bertz CT molecular complexity index is 547. The van der Waals surface area contributed by atoms with Crippen molar-refractivity contribution in [3.63, 3.8) is 0 Å². The Morgan fingerprint density at radius 2 is 2.09 bits per heavy atom. The number of amidine groups is 1. The van der Waals surface area contributed by atoms with Crippen LogP contribution in [0.4, 0.5) is 5.69 Å². The molecule has 2 rings (SSSR count). The molecule has 0 aliphatic carbocycles. The number of aryl methyl sites for hydroxylation is 1. The molecule has 2 N–H and O–H groups in total.